The van der Waals surface area contributed by atoms with E-state index in [9.17, 15) is 8.42 Å². The summed E-state index contributed by atoms with van der Waals surface area (Å²) in [5.74, 6) is 0.739. The number of rotatable bonds is 8. The average Bonchev–Trinajstić information content (AvgIpc) is 2.94. The fourth-order valence-corrected chi connectivity index (χ4v) is 4.73. The Hall–Kier alpha value is -1.15. The summed E-state index contributed by atoms with van der Waals surface area (Å²) in [7, 11) is 1.67. The first-order valence-corrected chi connectivity index (χ1v) is 10.9. The molecule has 132 valence electrons. The molecule has 0 atom stereocenters. The molecule has 0 saturated carbocycles. The van der Waals surface area contributed by atoms with Crippen LogP contribution in [0.4, 0.5) is 0 Å². The van der Waals surface area contributed by atoms with Gasteiger partial charge in [0.2, 0.25) is 0 Å². The fourth-order valence-electron chi connectivity index (χ4n) is 2.28. The average molecular weight is 389 g/mol. The third-order valence-electron chi connectivity index (χ3n) is 3.63. The molecule has 0 amide bonds. The van der Waals surface area contributed by atoms with Gasteiger partial charge in [0.1, 0.15) is 17.4 Å². The van der Waals surface area contributed by atoms with Gasteiger partial charge in [-0.1, -0.05) is 26.0 Å². The molecule has 0 fully saturated rings. The zero-order chi connectivity index (χ0) is 17.7. The standard InChI is InChI=1S/C16H21ClN2O3S2/c1-4-19(5-2)9-10-22-14-8-6-7-13(11-14)15-18-12(3)16(23-15)24(17,20)21/h6-8,11H,4-5,9-10H2,1-3H3. The summed E-state index contributed by atoms with van der Waals surface area (Å²) in [5.41, 5.74) is 1.23. The molecule has 0 saturated heterocycles. The molecule has 0 radical (unpaired) electrons. The molecule has 2 rings (SSSR count). The van der Waals surface area contributed by atoms with E-state index in [0.717, 1.165) is 42.3 Å². The van der Waals surface area contributed by atoms with Gasteiger partial charge in [-0.05, 0) is 32.1 Å². The highest BCUT2D eigenvalue weighted by Crippen LogP contribution is 2.34. The van der Waals surface area contributed by atoms with Crippen LogP contribution in [0.2, 0.25) is 0 Å². The SMILES string of the molecule is CCN(CC)CCOc1cccc(-c2nc(C)c(S(=O)(=O)Cl)s2)c1. The van der Waals surface area contributed by atoms with Gasteiger partial charge < -0.3 is 9.64 Å². The summed E-state index contributed by atoms with van der Waals surface area (Å²) in [6.45, 7) is 9.34. The van der Waals surface area contributed by atoms with Gasteiger partial charge in [0.05, 0.1) is 5.69 Å². The van der Waals surface area contributed by atoms with E-state index in [4.69, 9.17) is 15.4 Å². The Morgan fingerprint density at radius 1 is 1.29 bits per heavy atom. The number of hydrogen-bond donors (Lipinski definition) is 0. The first-order valence-electron chi connectivity index (χ1n) is 7.72. The maximum atomic E-state index is 11.5. The van der Waals surface area contributed by atoms with Gasteiger partial charge in [0.15, 0.2) is 4.21 Å². The Morgan fingerprint density at radius 3 is 2.58 bits per heavy atom. The van der Waals surface area contributed by atoms with Crippen molar-refractivity contribution < 1.29 is 13.2 Å². The van der Waals surface area contributed by atoms with Crippen LogP contribution in [0.25, 0.3) is 10.6 Å². The predicted molar refractivity (Wildman–Crippen MR) is 98.6 cm³/mol. The summed E-state index contributed by atoms with van der Waals surface area (Å²) in [6.07, 6.45) is 0. The lowest BCUT2D eigenvalue weighted by Crippen LogP contribution is -2.27. The minimum absolute atomic E-state index is 0.0898. The molecule has 1 aromatic carbocycles. The minimum Gasteiger partial charge on any atom is -0.492 e. The van der Waals surface area contributed by atoms with Crippen molar-refractivity contribution in [2.24, 2.45) is 0 Å². The van der Waals surface area contributed by atoms with Crippen molar-refractivity contribution in [3.05, 3.63) is 30.0 Å². The van der Waals surface area contributed by atoms with E-state index >= 15 is 0 Å². The van der Waals surface area contributed by atoms with Gasteiger partial charge in [-0.15, -0.1) is 11.3 Å². The molecular weight excluding hydrogens is 368 g/mol. The quantitative estimate of drug-likeness (QED) is 0.644. The van der Waals surface area contributed by atoms with Crippen molar-refractivity contribution in [2.45, 2.75) is 25.0 Å². The van der Waals surface area contributed by atoms with E-state index in [1.54, 1.807) is 6.92 Å². The van der Waals surface area contributed by atoms with Crippen LogP contribution in [0.15, 0.2) is 28.5 Å². The van der Waals surface area contributed by atoms with E-state index in [0.29, 0.717) is 17.3 Å². The van der Waals surface area contributed by atoms with Crippen LogP contribution in [0.3, 0.4) is 0 Å². The molecule has 0 bridgehead atoms. The normalized spacial score (nSPS) is 11.9. The van der Waals surface area contributed by atoms with E-state index in [1.165, 1.54) is 0 Å². The van der Waals surface area contributed by atoms with Crippen LogP contribution in [-0.4, -0.2) is 44.5 Å². The topological polar surface area (TPSA) is 59.5 Å². The third kappa shape index (κ3) is 4.92. The lowest BCUT2D eigenvalue weighted by atomic mass is 10.2. The number of aryl methyl sites for hydroxylation is 1. The summed E-state index contributed by atoms with van der Waals surface area (Å²) in [6, 6.07) is 7.49. The predicted octanol–water partition coefficient (Wildman–Crippen LogP) is 3.77. The molecule has 0 aliphatic carbocycles. The molecule has 5 nitrogen and oxygen atoms in total. The lowest BCUT2D eigenvalue weighted by molar-refractivity contribution is 0.223. The number of ether oxygens (including phenoxy) is 1. The highest BCUT2D eigenvalue weighted by Gasteiger charge is 2.20. The van der Waals surface area contributed by atoms with Crippen molar-refractivity contribution in [3.63, 3.8) is 0 Å². The zero-order valence-electron chi connectivity index (χ0n) is 14.0. The molecule has 1 aromatic heterocycles. The van der Waals surface area contributed by atoms with E-state index in [-0.39, 0.29) is 4.21 Å². The van der Waals surface area contributed by atoms with Crippen molar-refractivity contribution in [2.75, 3.05) is 26.2 Å². The van der Waals surface area contributed by atoms with Crippen molar-refractivity contribution in [1.29, 1.82) is 0 Å². The highest BCUT2D eigenvalue weighted by atomic mass is 35.7. The second kappa shape index (κ2) is 8.29. The molecule has 0 N–H and O–H groups in total. The number of thiazole rings is 1. The Balaban J connectivity index is 2.13. The van der Waals surface area contributed by atoms with Crippen LogP contribution in [0.1, 0.15) is 19.5 Å². The van der Waals surface area contributed by atoms with Gasteiger partial charge in [-0.25, -0.2) is 13.4 Å². The number of nitrogens with zero attached hydrogens (tertiary/aromatic N) is 2. The zero-order valence-corrected chi connectivity index (χ0v) is 16.3. The second-order valence-corrected chi connectivity index (χ2v) is 8.99. The van der Waals surface area contributed by atoms with Crippen LogP contribution < -0.4 is 4.74 Å². The van der Waals surface area contributed by atoms with Gasteiger partial charge >= 0.3 is 0 Å². The van der Waals surface area contributed by atoms with E-state index in [1.807, 2.05) is 24.3 Å². The molecule has 0 spiro atoms. The maximum Gasteiger partial charge on any atom is 0.272 e. The summed E-state index contributed by atoms with van der Waals surface area (Å²) in [5, 5.41) is 0.612. The monoisotopic (exact) mass is 388 g/mol. The number of aromatic nitrogens is 1. The van der Waals surface area contributed by atoms with Crippen molar-refractivity contribution in [1.82, 2.24) is 9.88 Å². The van der Waals surface area contributed by atoms with Crippen LogP contribution >= 0.6 is 22.0 Å². The Kier molecular flexibility index (Phi) is 6.62. The van der Waals surface area contributed by atoms with Gasteiger partial charge in [0, 0.05) is 22.8 Å². The minimum atomic E-state index is -3.77. The second-order valence-electron chi connectivity index (χ2n) is 5.23. The Labute approximate surface area is 151 Å². The number of halogens is 1. The number of hydrogen-bond acceptors (Lipinski definition) is 6. The number of benzene rings is 1. The van der Waals surface area contributed by atoms with E-state index < -0.39 is 9.05 Å². The molecule has 24 heavy (non-hydrogen) atoms. The molecule has 0 aliphatic rings. The smallest absolute Gasteiger partial charge is 0.272 e. The van der Waals surface area contributed by atoms with Crippen molar-refractivity contribution >= 4 is 31.1 Å². The fraction of sp³-hybridized carbons (Fsp3) is 0.438. The molecule has 8 heteroatoms. The molecule has 2 aromatic rings. The van der Waals surface area contributed by atoms with Gasteiger partial charge in [-0.3, -0.25) is 0 Å². The first kappa shape index (κ1) is 19.2. The Morgan fingerprint density at radius 2 is 2.00 bits per heavy atom. The third-order valence-corrected chi connectivity index (χ3v) is 7.01. The Bertz CT molecular complexity index is 786. The highest BCUT2D eigenvalue weighted by molar-refractivity contribution is 8.15. The van der Waals surface area contributed by atoms with E-state index in [2.05, 4.69) is 23.7 Å². The summed E-state index contributed by atoms with van der Waals surface area (Å²) in [4.78, 5) is 6.60. The number of likely N-dealkylation sites (N-methyl/N-ethyl adjacent to an activating group) is 1. The first-order chi connectivity index (χ1) is 11.3. The molecular formula is C16H21ClN2O3S2. The molecule has 0 unspecified atom stereocenters. The van der Waals surface area contributed by atoms with Gasteiger partial charge in [0.25, 0.3) is 9.05 Å². The van der Waals surface area contributed by atoms with Crippen LogP contribution in [0.5, 0.6) is 5.75 Å². The van der Waals surface area contributed by atoms with Crippen LogP contribution in [0, 0.1) is 6.92 Å². The van der Waals surface area contributed by atoms with Crippen LogP contribution in [-0.2, 0) is 9.05 Å². The molecule has 1 heterocycles. The van der Waals surface area contributed by atoms with Crippen molar-refractivity contribution in [3.8, 4) is 16.3 Å². The largest absolute Gasteiger partial charge is 0.492 e. The summed E-state index contributed by atoms with van der Waals surface area (Å²) >= 11 is 1.07. The maximum absolute atomic E-state index is 11.5. The lowest BCUT2D eigenvalue weighted by Gasteiger charge is -2.18. The van der Waals surface area contributed by atoms with Gasteiger partial charge in [-0.2, -0.15) is 0 Å². The summed E-state index contributed by atoms with van der Waals surface area (Å²) < 4.78 is 29.0. The molecule has 0 aliphatic heterocycles.